The molecule has 1 aliphatic rings. The second kappa shape index (κ2) is 6.70. The summed E-state index contributed by atoms with van der Waals surface area (Å²) in [5.74, 6) is 0.874. The zero-order valence-corrected chi connectivity index (χ0v) is 15.0. The summed E-state index contributed by atoms with van der Waals surface area (Å²) >= 11 is 0. The summed E-state index contributed by atoms with van der Waals surface area (Å²) in [6.07, 6.45) is -0.107. The molecular weight excluding hydrogens is 367 g/mol. The lowest BCUT2D eigenvalue weighted by molar-refractivity contribution is -0.141. The van der Waals surface area contributed by atoms with Crippen molar-refractivity contribution in [2.24, 2.45) is 11.1 Å². The minimum atomic E-state index is -4.54. The molecule has 3 rings (SSSR count). The van der Waals surface area contributed by atoms with Gasteiger partial charge in [-0.3, -0.25) is 0 Å². The van der Waals surface area contributed by atoms with E-state index in [1.807, 2.05) is 0 Å². The van der Waals surface area contributed by atoms with Gasteiger partial charge in [0.25, 0.3) is 0 Å². The number of sulfonamides is 1. The maximum atomic E-state index is 13.2. The van der Waals surface area contributed by atoms with Crippen molar-refractivity contribution in [1.29, 1.82) is 0 Å². The van der Waals surface area contributed by atoms with Gasteiger partial charge in [-0.15, -0.1) is 0 Å². The molecule has 0 spiro atoms. The number of benzene rings is 1. The second-order valence-corrected chi connectivity index (χ2v) is 8.41. The van der Waals surface area contributed by atoms with Crippen LogP contribution >= 0.6 is 0 Å². The number of nitrogens with two attached hydrogens (primary N) is 1. The molecule has 0 saturated heterocycles. The normalized spacial score (nSPS) is 21.7. The van der Waals surface area contributed by atoms with Crippen LogP contribution in [0.2, 0.25) is 0 Å². The topological polar surface area (TPSA) is 78.0 Å². The average Bonchev–Trinajstić information content (AvgIpc) is 3.00. The number of imidazole rings is 1. The van der Waals surface area contributed by atoms with Crippen molar-refractivity contribution in [1.82, 2.24) is 9.55 Å². The van der Waals surface area contributed by atoms with E-state index in [2.05, 4.69) is 11.9 Å². The highest BCUT2D eigenvalue weighted by Gasteiger charge is 2.36. The van der Waals surface area contributed by atoms with Gasteiger partial charge in [-0.2, -0.15) is 13.2 Å². The Morgan fingerprint density at radius 1 is 1.12 bits per heavy atom. The average molecular weight is 387 g/mol. The van der Waals surface area contributed by atoms with E-state index in [0.29, 0.717) is 17.4 Å². The predicted octanol–water partition coefficient (Wildman–Crippen LogP) is 3.83. The molecule has 1 saturated carbocycles. The van der Waals surface area contributed by atoms with Crippen molar-refractivity contribution in [3.05, 3.63) is 42.0 Å². The van der Waals surface area contributed by atoms with Crippen molar-refractivity contribution < 1.29 is 21.6 Å². The van der Waals surface area contributed by atoms with E-state index in [1.54, 1.807) is 0 Å². The van der Waals surface area contributed by atoms with Crippen LogP contribution in [0.5, 0.6) is 0 Å². The highest BCUT2D eigenvalue weighted by atomic mass is 32.2. The first kappa shape index (κ1) is 18.9. The molecule has 0 unspecified atom stereocenters. The number of nitrogens with zero attached hydrogens (tertiary/aromatic N) is 2. The fourth-order valence-electron chi connectivity index (χ4n) is 3.34. The van der Waals surface area contributed by atoms with Crippen LogP contribution in [0.1, 0.15) is 50.0 Å². The van der Waals surface area contributed by atoms with Crippen LogP contribution in [0.25, 0.3) is 5.69 Å². The first-order valence-electron chi connectivity index (χ1n) is 8.35. The number of alkyl halides is 3. The van der Waals surface area contributed by atoms with E-state index in [1.165, 1.54) is 28.8 Å². The van der Waals surface area contributed by atoms with Crippen molar-refractivity contribution in [3.8, 4) is 5.69 Å². The van der Waals surface area contributed by atoms with Crippen molar-refractivity contribution in [2.75, 3.05) is 0 Å². The van der Waals surface area contributed by atoms with Crippen molar-refractivity contribution in [3.63, 3.8) is 0 Å². The van der Waals surface area contributed by atoms with Gasteiger partial charge < -0.3 is 4.57 Å². The molecule has 26 heavy (non-hydrogen) atoms. The molecule has 0 bridgehead atoms. The van der Waals surface area contributed by atoms with Gasteiger partial charge in [0.2, 0.25) is 10.0 Å². The minimum Gasteiger partial charge on any atom is -0.303 e. The Labute approximate surface area is 150 Å². The highest BCUT2D eigenvalue weighted by Crippen LogP contribution is 2.38. The van der Waals surface area contributed by atoms with Gasteiger partial charge in [0.05, 0.1) is 4.90 Å². The maximum absolute atomic E-state index is 13.2. The van der Waals surface area contributed by atoms with E-state index in [4.69, 9.17) is 5.14 Å². The third-order valence-corrected chi connectivity index (χ3v) is 5.78. The van der Waals surface area contributed by atoms with E-state index in [0.717, 1.165) is 31.9 Å². The third kappa shape index (κ3) is 3.93. The quantitative estimate of drug-likeness (QED) is 0.869. The molecule has 2 N–H and O–H groups in total. The zero-order valence-electron chi connectivity index (χ0n) is 14.2. The first-order chi connectivity index (χ1) is 12.1. The summed E-state index contributed by atoms with van der Waals surface area (Å²) in [6.45, 7) is 2.13. The van der Waals surface area contributed by atoms with E-state index in [-0.39, 0.29) is 10.8 Å². The number of aromatic nitrogens is 2. The number of rotatable bonds is 3. The van der Waals surface area contributed by atoms with Crippen LogP contribution in [0.15, 0.2) is 35.4 Å². The summed E-state index contributed by atoms with van der Waals surface area (Å²) in [7, 11) is -3.86. The third-order valence-electron chi connectivity index (χ3n) is 4.85. The zero-order chi connectivity index (χ0) is 19.1. The molecule has 0 amide bonds. The summed E-state index contributed by atoms with van der Waals surface area (Å²) in [4.78, 5) is 3.78. The van der Waals surface area contributed by atoms with E-state index >= 15 is 0 Å². The van der Waals surface area contributed by atoms with Crippen molar-refractivity contribution in [2.45, 2.75) is 49.6 Å². The molecule has 2 aromatic rings. The second-order valence-electron chi connectivity index (χ2n) is 6.85. The highest BCUT2D eigenvalue weighted by molar-refractivity contribution is 7.89. The Morgan fingerprint density at radius 3 is 2.19 bits per heavy atom. The molecule has 1 aromatic heterocycles. The number of halogens is 3. The number of hydrogen-bond donors (Lipinski definition) is 1. The van der Waals surface area contributed by atoms with Gasteiger partial charge in [-0.1, -0.05) is 19.8 Å². The van der Waals surface area contributed by atoms with Gasteiger partial charge >= 0.3 is 6.18 Å². The smallest absolute Gasteiger partial charge is 0.303 e. The first-order valence-corrected chi connectivity index (χ1v) is 9.90. The van der Waals surface area contributed by atoms with Crippen LogP contribution in [0.4, 0.5) is 13.2 Å². The standard InChI is InChI=1S/C17H20F3N3O2S/c1-11-2-4-12(5-3-11)16-22-15(17(18,19)20)10-23(16)13-6-8-14(9-7-13)26(21,24)25/h6-12H,2-5H2,1H3,(H2,21,24,25). The van der Waals surface area contributed by atoms with Gasteiger partial charge in [-0.05, 0) is 43.0 Å². The summed E-state index contributed by atoms with van der Waals surface area (Å²) < 4.78 is 63.7. The Balaban J connectivity index is 2.03. The molecule has 142 valence electrons. The largest absolute Gasteiger partial charge is 0.434 e. The van der Waals surface area contributed by atoms with E-state index in [9.17, 15) is 21.6 Å². The lowest BCUT2D eigenvalue weighted by Crippen LogP contribution is -2.15. The summed E-state index contributed by atoms with van der Waals surface area (Å²) in [5, 5.41) is 5.07. The molecule has 0 atom stereocenters. The molecule has 1 aromatic carbocycles. The minimum absolute atomic E-state index is 0.0554. The molecular formula is C17H20F3N3O2S. The Hall–Kier alpha value is -1.87. The van der Waals surface area contributed by atoms with Crippen LogP contribution in [0, 0.1) is 5.92 Å². The Kier molecular flexibility index (Phi) is 4.87. The number of hydrogen-bond acceptors (Lipinski definition) is 3. The molecule has 0 aliphatic heterocycles. The van der Waals surface area contributed by atoms with E-state index < -0.39 is 21.9 Å². The van der Waals surface area contributed by atoms with Crippen LogP contribution in [-0.4, -0.2) is 18.0 Å². The van der Waals surface area contributed by atoms with Gasteiger partial charge in [0.15, 0.2) is 5.69 Å². The Bertz CT molecular complexity index is 881. The lowest BCUT2D eigenvalue weighted by Gasteiger charge is -2.26. The SMILES string of the molecule is CC1CCC(c2nc(C(F)(F)F)cn2-c2ccc(S(N)(=O)=O)cc2)CC1. The van der Waals surface area contributed by atoms with Crippen molar-refractivity contribution >= 4 is 10.0 Å². The van der Waals surface area contributed by atoms with Crippen LogP contribution in [0.3, 0.4) is 0 Å². The van der Waals surface area contributed by atoms with Crippen LogP contribution in [-0.2, 0) is 16.2 Å². The van der Waals surface area contributed by atoms with Gasteiger partial charge in [-0.25, -0.2) is 18.5 Å². The molecule has 5 nitrogen and oxygen atoms in total. The summed E-state index contributed by atoms with van der Waals surface area (Å²) in [5.41, 5.74) is -0.518. The molecule has 0 radical (unpaired) electrons. The predicted molar refractivity (Wildman–Crippen MR) is 90.3 cm³/mol. The Morgan fingerprint density at radius 2 is 1.69 bits per heavy atom. The molecule has 1 heterocycles. The monoisotopic (exact) mass is 387 g/mol. The molecule has 9 heteroatoms. The number of primary sulfonamides is 1. The molecule has 1 fully saturated rings. The fraction of sp³-hybridized carbons (Fsp3) is 0.471. The summed E-state index contributed by atoms with van der Waals surface area (Å²) in [6, 6.07) is 5.45. The van der Waals surface area contributed by atoms with Gasteiger partial charge in [0, 0.05) is 17.8 Å². The maximum Gasteiger partial charge on any atom is 0.434 e. The lowest BCUT2D eigenvalue weighted by atomic mass is 9.82. The molecule has 1 aliphatic carbocycles. The van der Waals surface area contributed by atoms with Gasteiger partial charge in [0.1, 0.15) is 5.82 Å². The van der Waals surface area contributed by atoms with Crippen LogP contribution < -0.4 is 5.14 Å². The fourth-order valence-corrected chi connectivity index (χ4v) is 3.86.